The van der Waals surface area contributed by atoms with E-state index in [1.54, 1.807) is 6.92 Å². The predicted octanol–water partition coefficient (Wildman–Crippen LogP) is 1.44. The molecule has 0 amide bonds. The van der Waals surface area contributed by atoms with Crippen molar-refractivity contribution in [3.63, 3.8) is 0 Å². The van der Waals surface area contributed by atoms with Crippen LogP contribution >= 0.6 is 0 Å². The molecule has 1 atom stereocenters. The van der Waals surface area contributed by atoms with Gasteiger partial charge in [-0.1, -0.05) is 0 Å². The van der Waals surface area contributed by atoms with Crippen LogP contribution in [0, 0.1) is 5.92 Å². The number of hydrogen-bond acceptors (Lipinski definition) is 4. The third-order valence-electron chi connectivity index (χ3n) is 2.40. The molecule has 0 saturated carbocycles. The van der Waals surface area contributed by atoms with E-state index in [0.29, 0.717) is 24.8 Å². The Kier molecular flexibility index (Phi) is 5.32. The van der Waals surface area contributed by atoms with E-state index in [1.165, 1.54) is 0 Å². The normalized spacial score (nSPS) is 20.9. The molecule has 0 aromatic rings. The molecule has 1 aliphatic heterocycles. The van der Waals surface area contributed by atoms with E-state index in [4.69, 9.17) is 9.47 Å². The summed E-state index contributed by atoms with van der Waals surface area (Å²) in [5.74, 6) is 0.204. The van der Waals surface area contributed by atoms with Crippen LogP contribution in [0.5, 0.6) is 0 Å². The lowest BCUT2D eigenvalue weighted by Crippen LogP contribution is -2.26. The second kappa shape index (κ2) is 6.56. The zero-order valence-corrected chi connectivity index (χ0v) is 9.49. The Morgan fingerprint density at radius 3 is 2.80 bits per heavy atom. The fourth-order valence-electron chi connectivity index (χ4n) is 1.55. The highest BCUT2D eigenvalue weighted by molar-refractivity contribution is 6.36. The van der Waals surface area contributed by atoms with Gasteiger partial charge < -0.3 is 9.47 Å². The van der Waals surface area contributed by atoms with Crippen LogP contribution in [0.2, 0.25) is 0 Å². The van der Waals surface area contributed by atoms with Crippen molar-refractivity contribution in [2.24, 2.45) is 10.9 Å². The first kappa shape index (κ1) is 12.2. The molecule has 86 valence electrons. The van der Waals surface area contributed by atoms with Crippen molar-refractivity contribution in [2.75, 3.05) is 26.4 Å². The standard InChI is InChI=1S/C11H19NO3/c1-3-14-8-9-5-6-10(12-7-9)11(13)15-4-2/h9H,3-8H2,1-2H3. The van der Waals surface area contributed by atoms with E-state index in [0.717, 1.165) is 26.1 Å². The molecule has 15 heavy (non-hydrogen) atoms. The third-order valence-corrected chi connectivity index (χ3v) is 2.40. The summed E-state index contributed by atoms with van der Waals surface area (Å²) >= 11 is 0. The van der Waals surface area contributed by atoms with Gasteiger partial charge in [-0.2, -0.15) is 0 Å². The van der Waals surface area contributed by atoms with Gasteiger partial charge in [0.2, 0.25) is 0 Å². The van der Waals surface area contributed by atoms with E-state index in [2.05, 4.69) is 4.99 Å². The minimum atomic E-state index is -0.257. The van der Waals surface area contributed by atoms with Crippen LogP contribution in [0.25, 0.3) is 0 Å². The highest BCUT2D eigenvalue weighted by Gasteiger charge is 2.20. The summed E-state index contributed by atoms with van der Waals surface area (Å²) in [4.78, 5) is 15.6. The molecule has 1 aliphatic rings. The maximum absolute atomic E-state index is 11.3. The van der Waals surface area contributed by atoms with Crippen molar-refractivity contribution >= 4 is 11.7 Å². The lowest BCUT2D eigenvalue weighted by molar-refractivity contribution is -0.135. The van der Waals surface area contributed by atoms with E-state index in [-0.39, 0.29) is 5.97 Å². The molecule has 1 heterocycles. The Morgan fingerprint density at radius 2 is 2.27 bits per heavy atom. The molecule has 1 rings (SSSR count). The smallest absolute Gasteiger partial charge is 0.352 e. The van der Waals surface area contributed by atoms with Crippen LogP contribution in [0.4, 0.5) is 0 Å². The van der Waals surface area contributed by atoms with Crippen molar-refractivity contribution in [1.82, 2.24) is 0 Å². The van der Waals surface area contributed by atoms with Crippen LogP contribution in [-0.4, -0.2) is 38.0 Å². The lowest BCUT2D eigenvalue weighted by Gasteiger charge is -2.19. The maximum atomic E-state index is 11.3. The Hall–Kier alpha value is -0.900. The number of hydrogen-bond donors (Lipinski definition) is 0. The Morgan fingerprint density at radius 1 is 1.47 bits per heavy atom. The van der Waals surface area contributed by atoms with Gasteiger partial charge >= 0.3 is 5.97 Å². The summed E-state index contributed by atoms with van der Waals surface area (Å²) in [5.41, 5.74) is 0.588. The zero-order valence-electron chi connectivity index (χ0n) is 9.49. The number of rotatable bonds is 5. The number of nitrogens with zero attached hydrogens (tertiary/aromatic N) is 1. The highest BCUT2D eigenvalue weighted by atomic mass is 16.5. The average molecular weight is 213 g/mol. The van der Waals surface area contributed by atoms with Gasteiger partial charge in [-0.3, -0.25) is 4.99 Å². The van der Waals surface area contributed by atoms with E-state index >= 15 is 0 Å². The van der Waals surface area contributed by atoms with Gasteiger partial charge in [0.1, 0.15) is 5.71 Å². The SMILES string of the molecule is CCOCC1CCC(C(=O)OCC)=NC1. The largest absolute Gasteiger partial charge is 0.462 e. The second-order valence-corrected chi connectivity index (χ2v) is 3.57. The number of ether oxygens (including phenoxy) is 2. The molecule has 1 unspecified atom stereocenters. The molecule has 4 nitrogen and oxygen atoms in total. The lowest BCUT2D eigenvalue weighted by atomic mass is 9.99. The summed E-state index contributed by atoms with van der Waals surface area (Å²) in [7, 11) is 0. The minimum absolute atomic E-state index is 0.257. The zero-order chi connectivity index (χ0) is 11.1. The van der Waals surface area contributed by atoms with Crippen molar-refractivity contribution in [3.8, 4) is 0 Å². The Labute approximate surface area is 90.7 Å². The topological polar surface area (TPSA) is 47.9 Å². The van der Waals surface area contributed by atoms with Crippen LogP contribution in [0.15, 0.2) is 4.99 Å². The fraction of sp³-hybridized carbons (Fsp3) is 0.818. The molecule has 0 fully saturated rings. The minimum Gasteiger partial charge on any atom is -0.462 e. The van der Waals surface area contributed by atoms with Gasteiger partial charge in [0.15, 0.2) is 0 Å². The second-order valence-electron chi connectivity index (χ2n) is 3.57. The number of carbonyl (C=O) groups excluding carboxylic acids is 1. The van der Waals surface area contributed by atoms with E-state index < -0.39 is 0 Å². The molecule has 0 spiro atoms. The highest BCUT2D eigenvalue weighted by Crippen LogP contribution is 2.15. The Bertz CT molecular complexity index is 238. The Balaban J connectivity index is 2.34. The molecule has 0 radical (unpaired) electrons. The average Bonchev–Trinajstić information content (AvgIpc) is 2.27. The maximum Gasteiger partial charge on any atom is 0.352 e. The van der Waals surface area contributed by atoms with Gasteiger partial charge in [-0.15, -0.1) is 0 Å². The molecule has 0 aliphatic carbocycles. The van der Waals surface area contributed by atoms with Gasteiger partial charge in [0, 0.05) is 19.1 Å². The van der Waals surface area contributed by atoms with Crippen LogP contribution in [0.3, 0.4) is 0 Å². The number of carbonyl (C=O) groups is 1. The van der Waals surface area contributed by atoms with Crippen LogP contribution in [-0.2, 0) is 14.3 Å². The number of aliphatic imine (C=N–C) groups is 1. The quantitative estimate of drug-likeness (QED) is 0.649. The van der Waals surface area contributed by atoms with Gasteiger partial charge in [-0.05, 0) is 26.7 Å². The molecule has 0 bridgehead atoms. The summed E-state index contributed by atoms with van der Waals surface area (Å²) in [5, 5.41) is 0. The van der Waals surface area contributed by atoms with Crippen molar-refractivity contribution in [1.29, 1.82) is 0 Å². The first-order valence-corrected chi connectivity index (χ1v) is 5.56. The van der Waals surface area contributed by atoms with Crippen molar-refractivity contribution in [3.05, 3.63) is 0 Å². The van der Waals surface area contributed by atoms with E-state index in [9.17, 15) is 4.79 Å². The van der Waals surface area contributed by atoms with E-state index in [1.807, 2.05) is 6.92 Å². The van der Waals surface area contributed by atoms with Crippen molar-refractivity contribution < 1.29 is 14.3 Å². The fourth-order valence-corrected chi connectivity index (χ4v) is 1.55. The molecular formula is C11H19NO3. The molecule has 0 N–H and O–H groups in total. The molecule has 0 aromatic carbocycles. The predicted molar refractivity (Wildman–Crippen MR) is 58.2 cm³/mol. The van der Waals surface area contributed by atoms with Gasteiger partial charge in [-0.25, -0.2) is 4.79 Å². The van der Waals surface area contributed by atoms with Crippen molar-refractivity contribution in [2.45, 2.75) is 26.7 Å². The first-order chi connectivity index (χ1) is 7.27. The summed E-state index contributed by atoms with van der Waals surface area (Å²) in [6.45, 7) is 6.38. The molecule has 4 heteroatoms. The molecule has 0 aromatic heterocycles. The summed E-state index contributed by atoms with van der Waals surface area (Å²) in [6.07, 6.45) is 1.69. The number of esters is 1. The monoisotopic (exact) mass is 213 g/mol. The molecule has 0 saturated heterocycles. The van der Waals surface area contributed by atoms with Crippen LogP contribution in [0.1, 0.15) is 26.7 Å². The summed E-state index contributed by atoms with van der Waals surface area (Å²) in [6, 6.07) is 0. The third kappa shape index (κ3) is 4.00. The van der Waals surface area contributed by atoms with Crippen LogP contribution < -0.4 is 0 Å². The first-order valence-electron chi connectivity index (χ1n) is 5.56. The van der Waals surface area contributed by atoms with Gasteiger partial charge in [0.05, 0.1) is 13.2 Å². The van der Waals surface area contributed by atoms with Gasteiger partial charge in [0.25, 0.3) is 0 Å². The summed E-state index contributed by atoms with van der Waals surface area (Å²) < 4.78 is 10.2. The molecular weight excluding hydrogens is 194 g/mol.